The molecule has 3 nitrogen and oxygen atoms in total. The lowest BCUT2D eigenvalue weighted by Gasteiger charge is -2.06. The fraction of sp³-hybridized carbons (Fsp3) is 0. The Morgan fingerprint density at radius 1 is 0.905 bits per heavy atom. The summed E-state index contributed by atoms with van der Waals surface area (Å²) in [6.45, 7) is 0. The van der Waals surface area contributed by atoms with Crippen LogP contribution in [0.15, 0.2) is 47.0 Å². The molecule has 0 amide bonds. The predicted octanol–water partition coefficient (Wildman–Crippen LogP) is 5.55. The van der Waals surface area contributed by atoms with Crippen molar-refractivity contribution in [1.29, 1.82) is 0 Å². The van der Waals surface area contributed by atoms with Crippen LogP contribution in [0.2, 0.25) is 15.1 Å². The van der Waals surface area contributed by atoms with Gasteiger partial charge in [-0.05, 0) is 24.3 Å². The van der Waals surface area contributed by atoms with E-state index in [1.54, 1.807) is 24.3 Å². The number of nitrogen functional groups attached to an aromatic ring is 1. The van der Waals surface area contributed by atoms with Crippen molar-refractivity contribution in [1.82, 2.24) is 5.16 Å². The van der Waals surface area contributed by atoms with Gasteiger partial charge in [0.2, 0.25) is 5.88 Å². The quantitative estimate of drug-likeness (QED) is 0.666. The molecule has 2 aromatic carbocycles. The van der Waals surface area contributed by atoms with Crippen molar-refractivity contribution in [3.8, 4) is 22.4 Å². The number of nitrogens with zero attached hydrogens (tertiary/aromatic N) is 1. The summed E-state index contributed by atoms with van der Waals surface area (Å²) in [6, 6.07) is 12.5. The smallest absolute Gasteiger partial charge is 0.230 e. The zero-order valence-electron chi connectivity index (χ0n) is 10.6. The van der Waals surface area contributed by atoms with Crippen molar-refractivity contribution in [3.05, 3.63) is 57.5 Å². The van der Waals surface area contributed by atoms with Crippen LogP contribution >= 0.6 is 34.8 Å². The summed E-state index contributed by atoms with van der Waals surface area (Å²) in [6.07, 6.45) is 0. The number of rotatable bonds is 2. The SMILES string of the molecule is Nc1onc(-c2ccc(Cl)cc2Cl)c1-c1ccccc1Cl. The summed E-state index contributed by atoms with van der Waals surface area (Å²) in [5.74, 6) is 0.184. The topological polar surface area (TPSA) is 52.0 Å². The van der Waals surface area contributed by atoms with Crippen LogP contribution in [0.4, 0.5) is 5.88 Å². The highest BCUT2D eigenvalue weighted by atomic mass is 35.5. The molecule has 0 saturated carbocycles. The molecule has 0 aliphatic carbocycles. The maximum absolute atomic E-state index is 6.23. The van der Waals surface area contributed by atoms with Crippen molar-refractivity contribution in [2.24, 2.45) is 0 Å². The first-order chi connectivity index (χ1) is 10.1. The van der Waals surface area contributed by atoms with Gasteiger partial charge in [-0.1, -0.05) is 58.2 Å². The van der Waals surface area contributed by atoms with Gasteiger partial charge in [-0.3, -0.25) is 0 Å². The lowest BCUT2D eigenvalue weighted by atomic mass is 10.0. The second kappa shape index (κ2) is 5.60. The van der Waals surface area contributed by atoms with Crippen molar-refractivity contribution in [2.45, 2.75) is 0 Å². The van der Waals surface area contributed by atoms with Crippen LogP contribution in [0.25, 0.3) is 22.4 Å². The van der Waals surface area contributed by atoms with Crippen molar-refractivity contribution < 1.29 is 4.52 Å². The molecule has 0 spiro atoms. The first kappa shape index (κ1) is 14.3. The zero-order chi connectivity index (χ0) is 15.0. The number of benzene rings is 2. The monoisotopic (exact) mass is 338 g/mol. The molecule has 106 valence electrons. The van der Waals surface area contributed by atoms with E-state index >= 15 is 0 Å². The minimum Gasteiger partial charge on any atom is -0.367 e. The van der Waals surface area contributed by atoms with E-state index < -0.39 is 0 Å². The maximum Gasteiger partial charge on any atom is 0.230 e. The average molecular weight is 340 g/mol. The van der Waals surface area contributed by atoms with Crippen LogP contribution in [0.1, 0.15) is 0 Å². The average Bonchev–Trinajstić information content (AvgIpc) is 2.81. The maximum atomic E-state index is 6.23. The van der Waals surface area contributed by atoms with Gasteiger partial charge in [-0.25, -0.2) is 0 Å². The van der Waals surface area contributed by atoms with Gasteiger partial charge in [0.1, 0.15) is 5.69 Å². The van der Waals surface area contributed by atoms with Gasteiger partial charge in [0.25, 0.3) is 0 Å². The fourth-order valence-electron chi connectivity index (χ4n) is 2.09. The van der Waals surface area contributed by atoms with Crippen LogP contribution in [-0.2, 0) is 0 Å². The Balaban J connectivity index is 2.25. The van der Waals surface area contributed by atoms with Crippen LogP contribution < -0.4 is 5.73 Å². The summed E-state index contributed by atoms with van der Waals surface area (Å²) in [7, 11) is 0. The molecule has 21 heavy (non-hydrogen) atoms. The van der Waals surface area contributed by atoms with Crippen LogP contribution in [0.5, 0.6) is 0 Å². The first-order valence-electron chi connectivity index (χ1n) is 6.03. The van der Waals surface area contributed by atoms with Crippen LogP contribution in [0, 0.1) is 0 Å². The second-order valence-corrected chi connectivity index (χ2v) is 5.63. The van der Waals surface area contributed by atoms with Gasteiger partial charge in [-0.15, -0.1) is 0 Å². The van der Waals surface area contributed by atoms with E-state index in [1.807, 2.05) is 18.2 Å². The van der Waals surface area contributed by atoms with E-state index in [0.717, 1.165) is 5.56 Å². The molecule has 3 rings (SSSR count). The summed E-state index contributed by atoms with van der Waals surface area (Å²) < 4.78 is 5.12. The third kappa shape index (κ3) is 2.60. The van der Waals surface area contributed by atoms with Crippen molar-refractivity contribution >= 4 is 40.7 Å². The minimum atomic E-state index is 0.184. The Labute approximate surface area is 136 Å². The molecule has 0 fully saturated rings. The van der Waals surface area contributed by atoms with E-state index in [4.69, 9.17) is 45.1 Å². The molecule has 0 atom stereocenters. The molecule has 1 aromatic heterocycles. The molecule has 2 N–H and O–H groups in total. The number of nitrogens with two attached hydrogens (primary N) is 1. The van der Waals surface area contributed by atoms with Gasteiger partial charge in [0, 0.05) is 21.2 Å². The Bertz CT molecular complexity index is 814. The highest BCUT2D eigenvalue weighted by Gasteiger charge is 2.21. The second-order valence-electron chi connectivity index (χ2n) is 4.37. The molecule has 3 aromatic rings. The van der Waals surface area contributed by atoms with Gasteiger partial charge in [0.15, 0.2) is 0 Å². The number of aromatic nitrogens is 1. The molecule has 0 aliphatic rings. The summed E-state index contributed by atoms with van der Waals surface area (Å²) in [5.41, 5.74) is 8.46. The number of anilines is 1. The Morgan fingerprint density at radius 3 is 2.38 bits per heavy atom. The summed E-state index contributed by atoms with van der Waals surface area (Å²) in [4.78, 5) is 0. The van der Waals surface area contributed by atoms with E-state index in [0.29, 0.717) is 31.9 Å². The predicted molar refractivity (Wildman–Crippen MR) is 86.8 cm³/mol. The normalized spacial score (nSPS) is 10.8. The summed E-state index contributed by atoms with van der Waals surface area (Å²) in [5, 5.41) is 5.57. The Kier molecular flexibility index (Phi) is 3.81. The number of hydrogen-bond donors (Lipinski definition) is 1. The lowest BCUT2D eigenvalue weighted by Crippen LogP contribution is -1.89. The minimum absolute atomic E-state index is 0.184. The molecule has 0 saturated heterocycles. The molecule has 0 aliphatic heterocycles. The van der Waals surface area contributed by atoms with Gasteiger partial charge in [-0.2, -0.15) is 0 Å². The molecular weight excluding hydrogens is 331 g/mol. The highest BCUT2D eigenvalue weighted by molar-refractivity contribution is 6.37. The largest absolute Gasteiger partial charge is 0.367 e. The molecular formula is C15H9Cl3N2O. The lowest BCUT2D eigenvalue weighted by molar-refractivity contribution is 0.439. The molecule has 0 bridgehead atoms. The van der Waals surface area contributed by atoms with Crippen LogP contribution in [-0.4, -0.2) is 5.16 Å². The molecule has 0 unspecified atom stereocenters. The van der Waals surface area contributed by atoms with Gasteiger partial charge < -0.3 is 10.3 Å². The van der Waals surface area contributed by atoms with E-state index in [2.05, 4.69) is 5.16 Å². The van der Waals surface area contributed by atoms with E-state index in [9.17, 15) is 0 Å². The number of halogens is 3. The van der Waals surface area contributed by atoms with E-state index in [-0.39, 0.29) is 5.88 Å². The van der Waals surface area contributed by atoms with Gasteiger partial charge >= 0.3 is 0 Å². The standard InChI is InChI=1S/C15H9Cl3N2O/c16-8-5-6-10(12(18)7-8)14-13(15(19)21-20-14)9-3-1-2-4-11(9)17/h1-7H,19H2. The third-order valence-electron chi connectivity index (χ3n) is 3.05. The van der Waals surface area contributed by atoms with Crippen molar-refractivity contribution in [3.63, 3.8) is 0 Å². The number of hydrogen-bond acceptors (Lipinski definition) is 3. The fourth-order valence-corrected chi connectivity index (χ4v) is 2.82. The molecule has 1 heterocycles. The Morgan fingerprint density at radius 2 is 1.67 bits per heavy atom. The Hall–Kier alpha value is -1.68. The van der Waals surface area contributed by atoms with E-state index in [1.165, 1.54) is 0 Å². The van der Waals surface area contributed by atoms with Gasteiger partial charge in [0.05, 0.1) is 10.6 Å². The molecule has 6 heteroatoms. The third-order valence-corrected chi connectivity index (χ3v) is 3.93. The van der Waals surface area contributed by atoms with Crippen LogP contribution in [0.3, 0.4) is 0 Å². The highest BCUT2D eigenvalue weighted by Crippen LogP contribution is 2.41. The first-order valence-corrected chi connectivity index (χ1v) is 7.17. The summed E-state index contributed by atoms with van der Waals surface area (Å²) >= 11 is 18.4. The zero-order valence-corrected chi connectivity index (χ0v) is 12.9. The molecule has 0 radical (unpaired) electrons. The van der Waals surface area contributed by atoms with Crippen molar-refractivity contribution in [2.75, 3.05) is 5.73 Å².